The average Bonchev–Trinajstić information content (AvgIpc) is 2.84. The zero-order valence-corrected chi connectivity index (χ0v) is 20.3. The molecule has 2 saturated carbocycles. The summed E-state index contributed by atoms with van der Waals surface area (Å²) in [6.07, 6.45) is 22.3. The minimum atomic E-state index is -0.617. The van der Waals surface area contributed by atoms with Gasteiger partial charge < -0.3 is 0 Å². The fourth-order valence-corrected chi connectivity index (χ4v) is 6.20. The van der Waals surface area contributed by atoms with Crippen LogP contribution in [-0.4, -0.2) is 0 Å². The number of rotatable bonds is 11. The van der Waals surface area contributed by atoms with Crippen LogP contribution in [0, 0.1) is 29.1 Å². The van der Waals surface area contributed by atoms with Gasteiger partial charge in [0.2, 0.25) is 0 Å². The van der Waals surface area contributed by atoms with Crippen molar-refractivity contribution in [3.05, 3.63) is 47.3 Å². The second-order valence-electron chi connectivity index (χ2n) is 10.6. The van der Waals surface area contributed by atoms with E-state index in [0.717, 1.165) is 36.5 Å². The third kappa shape index (κ3) is 8.38. The molecule has 2 aliphatic rings. The van der Waals surface area contributed by atoms with E-state index in [1.54, 1.807) is 11.6 Å². The molecule has 176 valence electrons. The summed E-state index contributed by atoms with van der Waals surface area (Å²) in [6.45, 7) is 2.25. The second kappa shape index (κ2) is 13.8. The first-order valence-electron chi connectivity index (χ1n) is 13.5. The smallest absolute Gasteiger partial charge is 0.195 e. The summed E-state index contributed by atoms with van der Waals surface area (Å²) in [7, 11) is 0. The first-order valence-corrected chi connectivity index (χ1v) is 13.5. The third-order valence-electron chi connectivity index (χ3n) is 8.28. The van der Waals surface area contributed by atoms with Crippen molar-refractivity contribution in [3.8, 4) is 6.07 Å². The van der Waals surface area contributed by atoms with Gasteiger partial charge in [0.25, 0.3) is 0 Å². The molecule has 2 fully saturated rings. The monoisotopic (exact) mass is 437 g/mol. The van der Waals surface area contributed by atoms with Crippen LogP contribution < -0.4 is 0 Å². The molecule has 0 radical (unpaired) electrons. The third-order valence-corrected chi connectivity index (χ3v) is 8.28. The second-order valence-corrected chi connectivity index (χ2v) is 10.6. The van der Waals surface area contributed by atoms with E-state index in [2.05, 4.69) is 31.2 Å². The summed E-state index contributed by atoms with van der Waals surface area (Å²) >= 11 is 0. The zero-order valence-electron chi connectivity index (χ0n) is 20.3. The van der Waals surface area contributed by atoms with Crippen molar-refractivity contribution < 1.29 is 4.39 Å². The Kier molecular flexibility index (Phi) is 10.8. The Hall–Kier alpha value is -1.62. The molecule has 0 saturated heterocycles. The average molecular weight is 438 g/mol. The molecule has 0 heterocycles. The van der Waals surface area contributed by atoms with Gasteiger partial charge in [-0.1, -0.05) is 89.0 Å². The normalized spacial score (nSPS) is 26.6. The van der Waals surface area contributed by atoms with Crippen LogP contribution in [0.5, 0.6) is 0 Å². The molecule has 0 atom stereocenters. The van der Waals surface area contributed by atoms with Crippen LogP contribution in [0.2, 0.25) is 0 Å². The number of halogens is 1. The van der Waals surface area contributed by atoms with Gasteiger partial charge in [-0.05, 0) is 85.8 Å². The zero-order chi connectivity index (χ0) is 22.6. The van der Waals surface area contributed by atoms with Gasteiger partial charge in [-0.15, -0.1) is 0 Å². The van der Waals surface area contributed by atoms with Gasteiger partial charge in [0, 0.05) is 0 Å². The van der Waals surface area contributed by atoms with Crippen molar-refractivity contribution in [2.45, 2.75) is 116 Å². The number of allylic oxidation sites excluding steroid dienone is 2. The maximum absolute atomic E-state index is 12.9. The van der Waals surface area contributed by atoms with Gasteiger partial charge >= 0.3 is 0 Å². The molecular formula is C30H44FN. The lowest BCUT2D eigenvalue weighted by Crippen LogP contribution is -2.15. The van der Waals surface area contributed by atoms with Crippen LogP contribution in [0.25, 0.3) is 0 Å². The summed E-state index contributed by atoms with van der Waals surface area (Å²) in [5.74, 6) is 2.80. The molecule has 2 heteroatoms. The van der Waals surface area contributed by atoms with Crippen LogP contribution in [0.15, 0.2) is 36.2 Å². The minimum Gasteiger partial charge on any atom is -0.195 e. The molecule has 0 bridgehead atoms. The summed E-state index contributed by atoms with van der Waals surface area (Å²) in [6, 6.07) is 11.1. The Morgan fingerprint density at radius 3 is 1.94 bits per heavy atom. The van der Waals surface area contributed by atoms with Crippen molar-refractivity contribution in [1.29, 1.82) is 5.26 Å². The summed E-state index contributed by atoms with van der Waals surface area (Å²) in [4.78, 5) is 0. The number of hydrogen-bond acceptors (Lipinski definition) is 1. The van der Waals surface area contributed by atoms with Gasteiger partial charge in [-0.2, -0.15) is 9.65 Å². The van der Waals surface area contributed by atoms with E-state index in [9.17, 15) is 4.39 Å². The van der Waals surface area contributed by atoms with Gasteiger partial charge in [-0.25, -0.2) is 0 Å². The number of hydrogen-bond donors (Lipinski definition) is 0. The lowest BCUT2D eigenvalue weighted by Gasteiger charge is -2.30. The fraction of sp³-hybridized carbons (Fsp3) is 0.700. The van der Waals surface area contributed by atoms with Crippen molar-refractivity contribution in [2.24, 2.45) is 17.8 Å². The quantitative estimate of drug-likeness (QED) is 0.250. The molecule has 0 spiro atoms. The van der Waals surface area contributed by atoms with Gasteiger partial charge in [0.05, 0.1) is 0 Å². The highest BCUT2D eigenvalue weighted by atomic mass is 19.1. The molecule has 1 aromatic rings. The fourth-order valence-electron chi connectivity index (χ4n) is 6.20. The molecular weight excluding hydrogens is 393 g/mol. The molecule has 32 heavy (non-hydrogen) atoms. The molecule has 0 unspecified atom stereocenters. The molecule has 0 aromatic heterocycles. The topological polar surface area (TPSA) is 23.8 Å². The molecule has 2 aliphatic carbocycles. The van der Waals surface area contributed by atoms with E-state index < -0.39 is 5.83 Å². The van der Waals surface area contributed by atoms with E-state index >= 15 is 0 Å². The number of benzene rings is 1. The Balaban J connectivity index is 1.23. The van der Waals surface area contributed by atoms with E-state index in [4.69, 9.17) is 5.26 Å². The van der Waals surface area contributed by atoms with Crippen LogP contribution in [0.3, 0.4) is 0 Å². The number of aryl methyl sites for hydroxylation is 1. The Morgan fingerprint density at radius 1 is 0.875 bits per heavy atom. The number of nitrogens with zero attached hydrogens (tertiary/aromatic N) is 1. The maximum Gasteiger partial charge on any atom is 0.196 e. The van der Waals surface area contributed by atoms with E-state index in [1.807, 2.05) is 0 Å². The van der Waals surface area contributed by atoms with E-state index in [1.165, 1.54) is 102 Å². The molecule has 0 aliphatic heterocycles. The van der Waals surface area contributed by atoms with Gasteiger partial charge in [-0.3, -0.25) is 0 Å². The van der Waals surface area contributed by atoms with Crippen LogP contribution in [0.4, 0.5) is 4.39 Å². The largest absolute Gasteiger partial charge is 0.196 e. The highest BCUT2D eigenvalue weighted by molar-refractivity contribution is 5.25. The van der Waals surface area contributed by atoms with Crippen molar-refractivity contribution in [3.63, 3.8) is 0 Å². The lowest BCUT2D eigenvalue weighted by molar-refractivity contribution is 0.244. The summed E-state index contributed by atoms with van der Waals surface area (Å²) < 4.78 is 12.9. The SMILES string of the molecule is CCCc1ccc([C@H]2CC[C@H](CCCC[C@H]3CC[C@H](CC/C=C(\F)C#N)CC3)CC2)cc1. The lowest BCUT2D eigenvalue weighted by atomic mass is 9.76. The predicted molar refractivity (Wildman–Crippen MR) is 133 cm³/mol. The van der Waals surface area contributed by atoms with Gasteiger partial charge in [0.15, 0.2) is 5.83 Å². The van der Waals surface area contributed by atoms with Crippen LogP contribution >= 0.6 is 0 Å². The first-order chi connectivity index (χ1) is 15.7. The Bertz CT molecular complexity index is 712. The Morgan fingerprint density at radius 2 is 1.41 bits per heavy atom. The summed E-state index contributed by atoms with van der Waals surface area (Å²) in [5, 5.41) is 8.48. The molecule has 1 aromatic carbocycles. The highest BCUT2D eigenvalue weighted by Crippen LogP contribution is 2.39. The van der Waals surface area contributed by atoms with E-state index in [-0.39, 0.29) is 0 Å². The minimum absolute atomic E-state index is 0.617. The molecule has 3 rings (SSSR count). The maximum atomic E-state index is 12.9. The standard InChI is InChI=1S/C30H44FN/c1-2-6-24-15-19-28(20-16-24)29-21-17-26(18-22-29)8-4-3-7-25-11-13-27(14-12-25)9-5-10-30(31)23-32/h10,15-16,19-20,25-27,29H,2-9,11-14,17-18,21-22H2,1H3/b30-10-/t25-,26-,27-,29-. The van der Waals surface area contributed by atoms with Crippen molar-refractivity contribution >= 4 is 0 Å². The number of unbranched alkanes of at least 4 members (excludes halogenated alkanes) is 1. The number of nitriles is 1. The van der Waals surface area contributed by atoms with Crippen LogP contribution in [0.1, 0.15) is 120 Å². The highest BCUT2D eigenvalue weighted by Gasteiger charge is 2.23. The van der Waals surface area contributed by atoms with Crippen molar-refractivity contribution in [2.75, 3.05) is 0 Å². The van der Waals surface area contributed by atoms with Gasteiger partial charge in [0.1, 0.15) is 6.07 Å². The predicted octanol–water partition coefficient (Wildman–Crippen LogP) is 9.44. The Labute approximate surface area is 196 Å². The summed E-state index contributed by atoms with van der Waals surface area (Å²) in [5.41, 5.74) is 3.06. The molecule has 1 nitrogen and oxygen atoms in total. The first kappa shape index (κ1) is 25.0. The van der Waals surface area contributed by atoms with Crippen molar-refractivity contribution in [1.82, 2.24) is 0 Å². The van der Waals surface area contributed by atoms with Crippen LogP contribution in [-0.2, 0) is 6.42 Å². The molecule has 0 N–H and O–H groups in total. The molecule has 0 amide bonds. The van der Waals surface area contributed by atoms with E-state index in [0.29, 0.717) is 0 Å².